The lowest BCUT2D eigenvalue weighted by Gasteiger charge is -2.45. The molecule has 0 radical (unpaired) electrons. The Kier molecular flexibility index (Phi) is 27.6. The number of hydrogen-bond donors (Lipinski definition) is 12. The van der Waals surface area contributed by atoms with Gasteiger partial charge in [0.05, 0.1) is 67.1 Å². The Morgan fingerprint density at radius 3 is 1.92 bits per heavy atom. The summed E-state index contributed by atoms with van der Waals surface area (Å²) in [5.74, 6) is -7.37. The van der Waals surface area contributed by atoms with Gasteiger partial charge in [0, 0.05) is 49.3 Å². The lowest BCUT2D eigenvalue weighted by molar-refractivity contribution is -0.308. The number of cyclic esters (lactones) is 1. The van der Waals surface area contributed by atoms with Crippen LogP contribution in [0.5, 0.6) is 0 Å². The Bertz CT molecular complexity index is 2250. The number of aliphatic carboxylic acids is 1. The van der Waals surface area contributed by atoms with Crippen molar-refractivity contribution < 1.29 is 89.2 Å². The van der Waals surface area contributed by atoms with Gasteiger partial charge in [0.1, 0.15) is 30.3 Å². The van der Waals surface area contributed by atoms with Crippen LogP contribution in [-0.2, 0) is 33.3 Å². The van der Waals surface area contributed by atoms with E-state index in [-0.39, 0.29) is 69.0 Å². The zero-order chi connectivity index (χ0) is 57.5. The van der Waals surface area contributed by atoms with Gasteiger partial charge in [0.25, 0.3) is 0 Å². The van der Waals surface area contributed by atoms with Crippen LogP contribution in [0.4, 0.5) is 5.69 Å². The van der Waals surface area contributed by atoms with Gasteiger partial charge in [-0.3, -0.25) is 19.2 Å². The third-order valence-corrected chi connectivity index (χ3v) is 14.1. The van der Waals surface area contributed by atoms with E-state index < -0.39 is 141 Å². The van der Waals surface area contributed by atoms with E-state index in [2.05, 4.69) is 0 Å². The third kappa shape index (κ3) is 22.6. The number of carboxylic acids is 1. The molecule has 434 valence electrons. The first-order valence-corrected chi connectivity index (χ1v) is 26.9. The van der Waals surface area contributed by atoms with Crippen LogP contribution in [0.25, 0.3) is 0 Å². The zero-order valence-electron chi connectivity index (χ0n) is 44.8. The summed E-state index contributed by atoms with van der Waals surface area (Å²) >= 11 is 0. The van der Waals surface area contributed by atoms with Gasteiger partial charge in [-0.15, -0.1) is 0 Å². The van der Waals surface area contributed by atoms with Crippen molar-refractivity contribution in [2.24, 2.45) is 23.5 Å². The highest BCUT2D eigenvalue weighted by Gasteiger charge is 2.51. The number of nitrogens with two attached hydrogens (primary N) is 2. The van der Waals surface area contributed by atoms with Crippen molar-refractivity contribution in [3.8, 4) is 0 Å². The maximum Gasteiger partial charge on any atom is 0.313 e. The molecule has 0 spiro atoms. The second-order valence-corrected chi connectivity index (χ2v) is 21.0. The summed E-state index contributed by atoms with van der Waals surface area (Å²) in [5, 5.41) is 108. The first kappa shape index (κ1) is 65.5. The van der Waals surface area contributed by atoms with Crippen LogP contribution in [0.2, 0.25) is 0 Å². The lowest BCUT2D eigenvalue weighted by Crippen LogP contribution is -2.61. The first-order valence-electron chi connectivity index (χ1n) is 26.9. The molecule has 4 rings (SSSR count). The third-order valence-electron chi connectivity index (χ3n) is 14.1. The number of carbonyl (C=O) groups excluding carboxylic acids is 3. The van der Waals surface area contributed by atoms with Crippen molar-refractivity contribution >= 4 is 29.2 Å². The van der Waals surface area contributed by atoms with Crippen molar-refractivity contribution in [3.05, 3.63) is 115 Å². The molecule has 2 saturated heterocycles. The summed E-state index contributed by atoms with van der Waals surface area (Å²) in [6.07, 6.45) is 5.99. The minimum absolute atomic E-state index is 0.0724. The molecule has 20 heteroatoms. The number of carbonyl (C=O) groups is 4. The van der Waals surface area contributed by atoms with Crippen LogP contribution in [0.3, 0.4) is 0 Å². The summed E-state index contributed by atoms with van der Waals surface area (Å²) in [5.41, 5.74) is 12.7. The molecule has 18 atom stereocenters. The van der Waals surface area contributed by atoms with Crippen LogP contribution in [0.15, 0.2) is 109 Å². The molecule has 14 N–H and O–H groups in total. The van der Waals surface area contributed by atoms with Gasteiger partial charge < -0.3 is 81.5 Å². The first-order chi connectivity index (χ1) is 36.9. The van der Waals surface area contributed by atoms with Crippen LogP contribution in [-0.4, -0.2) is 166 Å². The standard InChI is InChI=1S/C58H84N2O18/c1-35-17-14-12-10-8-6-4-5-7-9-11-13-15-20-46(76-57-54(71)52(60)53(70)37(3)75-57)32-49-51(56(72)73)48(68)34-58(74,78-49)33-45(66)29-44(65)28-43(64)27-40(61)18-16-19-41(62)31-50(69)77-55(35)36(2)21-26-42(63)30-47(67)38-22-24-39(59)25-23-38/h4-15,17,20,22-25,35-37,40,42-46,48-49,51-55,57,61,63-66,68,70-71,74H,16,18-19,21,26-34,59-60H2,1-3H3,(H,72,73)/b5-4+,8-6+,9-7+,12-10-,13-11+,17-14+,20-15+/t35?,36?,37-,40?,42?,43?,44?,45?,46?,48?,49?,51?,52+,53-,54+,55?,57+,58?/m1/s1. The number of anilines is 1. The van der Waals surface area contributed by atoms with Crippen LogP contribution in [0.1, 0.15) is 115 Å². The summed E-state index contributed by atoms with van der Waals surface area (Å²) in [4.78, 5) is 51.5. The molecule has 2 bridgehead atoms. The molecule has 1 aromatic rings. The molecule has 0 aromatic heterocycles. The Morgan fingerprint density at radius 1 is 0.756 bits per heavy atom. The van der Waals surface area contributed by atoms with E-state index >= 15 is 0 Å². The van der Waals surface area contributed by atoms with Gasteiger partial charge in [-0.25, -0.2) is 0 Å². The van der Waals surface area contributed by atoms with Gasteiger partial charge >= 0.3 is 11.9 Å². The largest absolute Gasteiger partial charge is 0.481 e. The van der Waals surface area contributed by atoms with Crippen molar-refractivity contribution in [1.82, 2.24) is 0 Å². The molecule has 3 aliphatic rings. The van der Waals surface area contributed by atoms with Crippen LogP contribution in [0, 0.1) is 17.8 Å². The number of rotatable bonds is 10. The van der Waals surface area contributed by atoms with E-state index in [1.165, 1.54) is 13.0 Å². The number of nitrogen functional groups attached to an aromatic ring is 1. The maximum atomic E-state index is 13.2. The number of esters is 1. The SMILES string of the molecule is CC1/C=C/C=C\C=C\C=C\C=C\C=C\C=C\C(O[C@@H]2O[C@H](C)[C@@H](O)[C@H](N)[C@@H]2O)CC2OC(O)(CC(O)CC(O)CC(O)CC(O)CCCC(=O)CC(=O)OC1C(C)CCC(O)CC(=O)c1ccc(N)cc1)CC(O)C2C(=O)O. The summed E-state index contributed by atoms with van der Waals surface area (Å²) in [6, 6.07) is 5.28. The highest BCUT2D eigenvalue weighted by atomic mass is 16.7. The minimum atomic E-state index is -2.31. The second kappa shape index (κ2) is 32.9. The van der Waals surface area contributed by atoms with Crippen molar-refractivity contribution in [3.63, 3.8) is 0 Å². The average molecular weight is 1100 g/mol. The summed E-state index contributed by atoms with van der Waals surface area (Å²) in [6.45, 7) is 5.27. The maximum absolute atomic E-state index is 13.2. The molecule has 13 unspecified atom stereocenters. The van der Waals surface area contributed by atoms with E-state index in [1.54, 1.807) is 97.2 Å². The number of fused-ring (bicyclic) bond motifs is 2. The second-order valence-electron chi connectivity index (χ2n) is 21.0. The Balaban J connectivity index is 1.52. The van der Waals surface area contributed by atoms with E-state index in [0.717, 1.165) is 0 Å². The fraction of sp³-hybridized carbons (Fsp3) is 0.586. The minimum Gasteiger partial charge on any atom is -0.481 e. The smallest absolute Gasteiger partial charge is 0.313 e. The predicted octanol–water partition coefficient (Wildman–Crippen LogP) is 3.32. The number of carboxylic acid groups (broad SMARTS) is 1. The number of allylic oxidation sites excluding steroid dienone is 12. The number of ether oxygens (including phenoxy) is 4. The predicted molar refractivity (Wildman–Crippen MR) is 289 cm³/mol. The molecule has 78 heavy (non-hydrogen) atoms. The van der Waals surface area contributed by atoms with Gasteiger partial charge in [-0.2, -0.15) is 0 Å². The van der Waals surface area contributed by atoms with E-state index in [1.807, 2.05) is 19.9 Å². The molecule has 3 heterocycles. The van der Waals surface area contributed by atoms with Gasteiger partial charge in [0.15, 0.2) is 17.9 Å². The summed E-state index contributed by atoms with van der Waals surface area (Å²) in [7, 11) is 0. The quantitative estimate of drug-likeness (QED) is 0.0692. The Morgan fingerprint density at radius 2 is 1.32 bits per heavy atom. The number of aliphatic hydroxyl groups excluding tert-OH is 8. The average Bonchev–Trinajstić information content (AvgIpc) is 3.34. The van der Waals surface area contributed by atoms with Gasteiger partial charge in [-0.05, 0) is 82.1 Å². The van der Waals surface area contributed by atoms with Crippen molar-refractivity contribution in [2.45, 2.75) is 196 Å². The highest BCUT2D eigenvalue weighted by molar-refractivity contribution is 5.96. The van der Waals surface area contributed by atoms with E-state index in [4.69, 9.17) is 30.4 Å². The zero-order valence-corrected chi connectivity index (χ0v) is 44.8. The number of aliphatic hydroxyl groups is 9. The van der Waals surface area contributed by atoms with Crippen LogP contribution < -0.4 is 11.5 Å². The Hall–Kier alpha value is -5.04. The molecule has 2 fully saturated rings. The fourth-order valence-electron chi connectivity index (χ4n) is 9.84. The molecule has 0 saturated carbocycles. The number of ketones is 2. The van der Waals surface area contributed by atoms with E-state index in [0.29, 0.717) is 17.7 Å². The number of hydrogen-bond acceptors (Lipinski definition) is 19. The molecular weight excluding hydrogens is 1010 g/mol. The molecule has 1 aromatic carbocycles. The monoisotopic (exact) mass is 1100 g/mol. The van der Waals surface area contributed by atoms with Crippen molar-refractivity contribution in [2.75, 3.05) is 5.73 Å². The van der Waals surface area contributed by atoms with E-state index in [9.17, 15) is 70.2 Å². The van der Waals surface area contributed by atoms with Crippen molar-refractivity contribution in [1.29, 1.82) is 0 Å². The lowest BCUT2D eigenvalue weighted by atomic mass is 9.82. The summed E-state index contributed by atoms with van der Waals surface area (Å²) < 4.78 is 23.7. The Labute approximate surface area is 456 Å². The number of benzene rings is 1. The molecule has 20 nitrogen and oxygen atoms in total. The highest BCUT2D eigenvalue weighted by Crippen LogP contribution is 2.38. The van der Waals surface area contributed by atoms with Gasteiger partial charge in [-0.1, -0.05) is 98.9 Å². The molecular formula is C58H84N2O18. The van der Waals surface area contributed by atoms with Gasteiger partial charge in [0.2, 0.25) is 0 Å². The van der Waals surface area contributed by atoms with Crippen LogP contribution >= 0.6 is 0 Å². The molecule has 0 aliphatic carbocycles. The number of Topliss-reactive ketones (excluding diaryl/α,β-unsaturated/α-hetero) is 2. The molecule has 0 amide bonds. The molecule has 3 aliphatic heterocycles. The topological polar surface area (TPSA) is 360 Å². The normalized spacial score (nSPS) is 37.8. The fourth-order valence-corrected chi connectivity index (χ4v) is 9.84.